The maximum Gasteiger partial charge on any atom is 0.213 e. The van der Waals surface area contributed by atoms with Crippen LogP contribution in [0.5, 0.6) is 5.88 Å². The standard InChI is InChI=1S/C16H15ClN2O/c1-11-9-14-15(7-8-16(18-14)20-2)19(11)10-12-3-5-13(17)6-4-12/h3-9H,10H2,1-2H3. The van der Waals surface area contributed by atoms with Crippen molar-refractivity contribution in [2.75, 3.05) is 7.11 Å². The van der Waals surface area contributed by atoms with Crippen molar-refractivity contribution < 1.29 is 4.74 Å². The first kappa shape index (κ1) is 13.0. The van der Waals surface area contributed by atoms with Gasteiger partial charge in [0.25, 0.3) is 0 Å². The Kier molecular flexibility index (Phi) is 3.36. The summed E-state index contributed by atoms with van der Waals surface area (Å²) in [5, 5.41) is 0.759. The summed E-state index contributed by atoms with van der Waals surface area (Å²) in [7, 11) is 1.63. The van der Waals surface area contributed by atoms with E-state index in [1.54, 1.807) is 7.11 Å². The van der Waals surface area contributed by atoms with Crippen LogP contribution in [-0.2, 0) is 6.54 Å². The number of benzene rings is 1. The van der Waals surface area contributed by atoms with Crippen LogP contribution in [0.25, 0.3) is 11.0 Å². The Balaban J connectivity index is 2.02. The van der Waals surface area contributed by atoms with E-state index in [2.05, 4.69) is 22.5 Å². The van der Waals surface area contributed by atoms with Gasteiger partial charge in [0, 0.05) is 23.3 Å². The lowest BCUT2D eigenvalue weighted by molar-refractivity contribution is 0.399. The van der Waals surface area contributed by atoms with Crippen LogP contribution >= 0.6 is 11.6 Å². The molecule has 0 amide bonds. The summed E-state index contributed by atoms with van der Waals surface area (Å²) in [4.78, 5) is 4.47. The molecular weight excluding hydrogens is 272 g/mol. The second kappa shape index (κ2) is 5.17. The number of rotatable bonds is 3. The highest BCUT2D eigenvalue weighted by Crippen LogP contribution is 2.22. The molecule has 4 heteroatoms. The van der Waals surface area contributed by atoms with Crippen molar-refractivity contribution in [3.8, 4) is 5.88 Å². The number of hydrogen-bond donors (Lipinski definition) is 0. The van der Waals surface area contributed by atoms with Gasteiger partial charge < -0.3 is 9.30 Å². The Morgan fingerprint density at radius 2 is 1.90 bits per heavy atom. The molecule has 1 aromatic carbocycles. The van der Waals surface area contributed by atoms with Gasteiger partial charge in [-0.1, -0.05) is 23.7 Å². The molecule has 0 atom stereocenters. The van der Waals surface area contributed by atoms with Gasteiger partial charge in [0.15, 0.2) is 0 Å². The zero-order chi connectivity index (χ0) is 14.1. The van der Waals surface area contributed by atoms with Gasteiger partial charge in [-0.15, -0.1) is 0 Å². The van der Waals surface area contributed by atoms with E-state index in [9.17, 15) is 0 Å². The van der Waals surface area contributed by atoms with E-state index >= 15 is 0 Å². The highest BCUT2D eigenvalue weighted by atomic mass is 35.5. The largest absolute Gasteiger partial charge is 0.481 e. The van der Waals surface area contributed by atoms with Crippen molar-refractivity contribution in [3.63, 3.8) is 0 Å². The summed E-state index contributed by atoms with van der Waals surface area (Å²) in [5.74, 6) is 0.640. The third-order valence-corrected chi connectivity index (χ3v) is 3.65. The molecule has 3 rings (SSSR count). The van der Waals surface area contributed by atoms with Crippen molar-refractivity contribution in [3.05, 3.63) is 58.7 Å². The number of ether oxygens (including phenoxy) is 1. The molecule has 0 unspecified atom stereocenters. The van der Waals surface area contributed by atoms with Crippen LogP contribution in [-0.4, -0.2) is 16.7 Å². The van der Waals surface area contributed by atoms with Crippen LogP contribution in [0.4, 0.5) is 0 Å². The van der Waals surface area contributed by atoms with Gasteiger partial charge in [0.05, 0.1) is 18.1 Å². The minimum atomic E-state index is 0.640. The first-order chi connectivity index (χ1) is 9.67. The maximum atomic E-state index is 5.92. The lowest BCUT2D eigenvalue weighted by Crippen LogP contribution is -2.01. The quantitative estimate of drug-likeness (QED) is 0.726. The Bertz CT molecular complexity index is 747. The third-order valence-electron chi connectivity index (χ3n) is 3.40. The summed E-state index contributed by atoms with van der Waals surface area (Å²) >= 11 is 5.92. The molecule has 0 N–H and O–H groups in total. The molecule has 0 bridgehead atoms. The molecule has 3 nitrogen and oxygen atoms in total. The van der Waals surface area contributed by atoms with Gasteiger partial charge in [-0.25, -0.2) is 4.98 Å². The maximum absolute atomic E-state index is 5.92. The molecular formula is C16H15ClN2O. The first-order valence-electron chi connectivity index (χ1n) is 6.42. The number of methoxy groups -OCH3 is 1. The van der Waals surface area contributed by atoms with E-state index in [1.807, 2.05) is 36.4 Å². The number of halogens is 1. The Hall–Kier alpha value is -2.00. The minimum Gasteiger partial charge on any atom is -0.481 e. The fraction of sp³-hybridized carbons (Fsp3) is 0.188. The number of pyridine rings is 1. The lowest BCUT2D eigenvalue weighted by atomic mass is 10.2. The van der Waals surface area contributed by atoms with Crippen LogP contribution in [0.2, 0.25) is 5.02 Å². The topological polar surface area (TPSA) is 27.1 Å². The van der Waals surface area contributed by atoms with Crippen LogP contribution in [0.3, 0.4) is 0 Å². The predicted molar refractivity (Wildman–Crippen MR) is 81.6 cm³/mol. The van der Waals surface area contributed by atoms with E-state index in [0.29, 0.717) is 5.88 Å². The van der Waals surface area contributed by atoms with E-state index in [-0.39, 0.29) is 0 Å². The molecule has 0 saturated heterocycles. The number of nitrogens with zero attached hydrogens (tertiary/aromatic N) is 2. The number of hydrogen-bond acceptors (Lipinski definition) is 2. The molecule has 20 heavy (non-hydrogen) atoms. The Morgan fingerprint density at radius 3 is 2.60 bits per heavy atom. The van der Waals surface area contributed by atoms with Crippen LogP contribution in [0.15, 0.2) is 42.5 Å². The molecule has 0 aliphatic rings. The number of aryl methyl sites for hydroxylation is 1. The summed E-state index contributed by atoms with van der Waals surface area (Å²) in [6.07, 6.45) is 0. The summed E-state index contributed by atoms with van der Waals surface area (Å²) < 4.78 is 7.41. The van der Waals surface area contributed by atoms with Crippen LogP contribution in [0.1, 0.15) is 11.3 Å². The fourth-order valence-corrected chi connectivity index (χ4v) is 2.47. The van der Waals surface area contributed by atoms with Crippen molar-refractivity contribution in [1.29, 1.82) is 0 Å². The van der Waals surface area contributed by atoms with Gasteiger partial charge in [0.2, 0.25) is 5.88 Å². The van der Waals surface area contributed by atoms with Crippen molar-refractivity contribution in [1.82, 2.24) is 9.55 Å². The molecule has 0 fully saturated rings. The van der Waals surface area contributed by atoms with Crippen molar-refractivity contribution in [2.24, 2.45) is 0 Å². The van der Waals surface area contributed by atoms with E-state index in [0.717, 1.165) is 22.6 Å². The Morgan fingerprint density at radius 1 is 1.15 bits per heavy atom. The second-order valence-electron chi connectivity index (χ2n) is 4.76. The molecule has 0 saturated carbocycles. The second-order valence-corrected chi connectivity index (χ2v) is 5.19. The smallest absolute Gasteiger partial charge is 0.213 e. The third kappa shape index (κ3) is 2.37. The minimum absolute atomic E-state index is 0.640. The van der Waals surface area contributed by atoms with Gasteiger partial charge in [-0.05, 0) is 36.8 Å². The monoisotopic (exact) mass is 286 g/mol. The molecule has 0 aliphatic heterocycles. The van der Waals surface area contributed by atoms with Crippen molar-refractivity contribution >= 4 is 22.6 Å². The zero-order valence-corrected chi connectivity index (χ0v) is 12.2. The van der Waals surface area contributed by atoms with Gasteiger partial charge >= 0.3 is 0 Å². The molecule has 0 radical (unpaired) electrons. The first-order valence-corrected chi connectivity index (χ1v) is 6.80. The van der Waals surface area contributed by atoms with Gasteiger partial charge in [0.1, 0.15) is 0 Å². The lowest BCUT2D eigenvalue weighted by Gasteiger charge is -2.08. The number of fused-ring (bicyclic) bond motifs is 1. The molecule has 0 aliphatic carbocycles. The van der Waals surface area contributed by atoms with E-state index in [4.69, 9.17) is 16.3 Å². The molecule has 0 spiro atoms. The normalized spacial score (nSPS) is 10.9. The number of aromatic nitrogens is 2. The average molecular weight is 287 g/mol. The summed E-state index contributed by atoms with van der Waals surface area (Å²) in [6, 6.07) is 13.9. The molecule has 2 aromatic heterocycles. The fourth-order valence-electron chi connectivity index (χ4n) is 2.35. The van der Waals surface area contributed by atoms with Crippen molar-refractivity contribution in [2.45, 2.75) is 13.5 Å². The van der Waals surface area contributed by atoms with Gasteiger partial charge in [-0.2, -0.15) is 0 Å². The summed E-state index contributed by atoms with van der Waals surface area (Å²) in [6.45, 7) is 2.89. The summed E-state index contributed by atoms with van der Waals surface area (Å²) in [5.41, 5.74) is 4.45. The molecule has 3 aromatic rings. The Labute approximate surface area is 122 Å². The predicted octanol–water partition coefficient (Wildman–Crippen LogP) is 4.06. The van der Waals surface area contributed by atoms with E-state index < -0.39 is 0 Å². The van der Waals surface area contributed by atoms with E-state index in [1.165, 1.54) is 11.3 Å². The highest BCUT2D eigenvalue weighted by molar-refractivity contribution is 6.30. The average Bonchev–Trinajstić information content (AvgIpc) is 2.76. The zero-order valence-electron chi connectivity index (χ0n) is 11.4. The molecule has 2 heterocycles. The van der Waals surface area contributed by atoms with Gasteiger partial charge in [-0.3, -0.25) is 0 Å². The highest BCUT2D eigenvalue weighted by Gasteiger charge is 2.08. The SMILES string of the molecule is COc1ccc2c(cc(C)n2Cc2ccc(Cl)cc2)n1. The van der Waals surface area contributed by atoms with Crippen LogP contribution in [0, 0.1) is 6.92 Å². The molecule has 102 valence electrons. The van der Waals surface area contributed by atoms with Crippen LogP contribution < -0.4 is 4.74 Å².